The number of piperidine rings is 1. The molecule has 1 aromatic heterocycles. The molecule has 1 aromatic rings. The van der Waals surface area contributed by atoms with Crippen molar-refractivity contribution in [2.75, 3.05) is 31.2 Å². The molecule has 5 nitrogen and oxygen atoms in total. The molecule has 0 atom stereocenters. The van der Waals surface area contributed by atoms with Crippen LogP contribution in [0.1, 0.15) is 18.4 Å². The first-order valence-electron chi connectivity index (χ1n) is 6.47. The summed E-state index contributed by atoms with van der Waals surface area (Å²) in [6.07, 6.45) is 3.81. The van der Waals surface area contributed by atoms with Crippen molar-refractivity contribution < 1.29 is 14.9 Å². The summed E-state index contributed by atoms with van der Waals surface area (Å²) < 4.78 is 6.41. The Morgan fingerprint density at radius 2 is 2.11 bits per heavy atom. The van der Waals surface area contributed by atoms with E-state index in [1.807, 2.05) is 6.07 Å². The van der Waals surface area contributed by atoms with Crippen LogP contribution in [0.15, 0.2) is 16.7 Å². The second-order valence-corrected chi connectivity index (χ2v) is 5.49. The van der Waals surface area contributed by atoms with E-state index in [0.29, 0.717) is 6.61 Å². The van der Waals surface area contributed by atoms with Gasteiger partial charge in [0.15, 0.2) is 0 Å². The Hall–Kier alpha value is -0.690. The van der Waals surface area contributed by atoms with Crippen LogP contribution in [0.5, 0.6) is 0 Å². The first-order valence-corrected chi connectivity index (χ1v) is 7.26. The largest absolute Gasteiger partial charge is 0.394 e. The molecule has 1 saturated heterocycles. The SMILES string of the molecule is OCCOC1CCN(c2ncc(Br)cc2CO)CC1. The Morgan fingerprint density at radius 3 is 2.74 bits per heavy atom. The number of aliphatic hydroxyl groups excluding tert-OH is 2. The van der Waals surface area contributed by atoms with Crippen LogP contribution in [0.25, 0.3) is 0 Å². The van der Waals surface area contributed by atoms with Crippen molar-refractivity contribution in [3.8, 4) is 0 Å². The van der Waals surface area contributed by atoms with Gasteiger partial charge >= 0.3 is 0 Å². The highest BCUT2D eigenvalue weighted by atomic mass is 79.9. The minimum absolute atomic E-state index is 0.0112. The summed E-state index contributed by atoms with van der Waals surface area (Å²) in [6, 6.07) is 1.90. The van der Waals surface area contributed by atoms with Crippen molar-refractivity contribution in [2.24, 2.45) is 0 Å². The van der Waals surface area contributed by atoms with E-state index in [0.717, 1.165) is 41.8 Å². The summed E-state index contributed by atoms with van der Waals surface area (Å²) in [4.78, 5) is 6.58. The van der Waals surface area contributed by atoms with Gasteiger partial charge in [-0.25, -0.2) is 4.98 Å². The van der Waals surface area contributed by atoms with Gasteiger partial charge in [0.05, 0.1) is 25.9 Å². The monoisotopic (exact) mass is 330 g/mol. The Bertz CT molecular complexity index is 409. The third kappa shape index (κ3) is 3.89. The van der Waals surface area contributed by atoms with Gasteiger partial charge in [-0.2, -0.15) is 0 Å². The molecular formula is C13H19BrN2O3. The van der Waals surface area contributed by atoms with E-state index in [2.05, 4.69) is 25.8 Å². The van der Waals surface area contributed by atoms with Crippen LogP contribution in [0, 0.1) is 0 Å². The molecule has 0 unspecified atom stereocenters. The Morgan fingerprint density at radius 1 is 1.37 bits per heavy atom. The average molecular weight is 331 g/mol. The molecule has 0 aliphatic carbocycles. The number of aliphatic hydroxyl groups is 2. The number of hydrogen-bond acceptors (Lipinski definition) is 5. The van der Waals surface area contributed by atoms with Crippen LogP contribution in [-0.2, 0) is 11.3 Å². The van der Waals surface area contributed by atoms with E-state index in [-0.39, 0.29) is 19.3 Å². The lowest BCUT2D eigenvalue weighted by Gasteiger charge is -2.33. The van der Waals surface area contributed by atoms with Gasteiger partial charge in [-0.1, -0.05) is 0 Å². The highest BCUT2D eigenvalue weighted by Gasteiger charge is 2.22. The Balaban J connectivity index is 1.97. The summed E-state index contributed by atoms with van der Waals surface area (Å²) >= 11 is 3.36. The van der Waals surface area contributed by atoms with Crippen molar-refractivity contribution in [1.29, 1.82) is 0 Å². The maximum atomic E-state index is 9.40. The molecule has 2 N–H and O–H groups in total. The Labute approximate surface area is 121 Å². The first kappa shape index (κ1) is 14.7. The molecule has 2 heterocycles. The van der Waals surface area contributed by atoms with E-state index in [4.69, 9.17) is 9.84 Å². The van der Waals surface area contributed by atoms with E-state index in [1.165, 1.54) is 0 Å². The molecule has 2 rings (SSSR count). The standard InChI is InChI=1S/C13H19BrN2O3/c14-11-7-10(9-18)13(15-8-11)16-3-1-12(2-4-16)19-6-5-17/h7-8,12,17-18H,1-6,9H2. The van der Waals surface area contributed by atoms with E-state index in [1.54, 1.807) is 6.20 Å². The first-order chi connectivity index (χ1) is 9.24. The highest BCUT2D eigenvalue weighted by molar-refractivity contribution is 9.10. The van der Waals surface area contributed by atoms with Crippen molar-refractivity contribution >= 4 is 21.7 Å². The zero-order valence-electron chi connectivity index (χ0n) is 10.8. The summed E-state index contributed by atoms with van der Waals surface area (Å²) in [6.45, 7) is 2.18. The number of aromatic nitrogens is 1. The van der Waals surface area contributed by atoms with Crippen LogP contribution >= 0.6 is 15.9 Å². The summed E-state index contributed by atoms with van der Waals surface area (Å²) in [5.74, 6) is 0.853. The fourth-order valence-corrected chi connectivity index (χ4v) is 2.71. The van der Waals surface area contributed by atoms with Crippen LogP contribution in [0.2, 0.25) is 0 Å². The van der Waals surface area contributed by atoms with E-state index >= 15 is 0 Å². The third-order valence-corrected chi connectivity index (χ3v) is 3.70. The van der Waals surface area contributed by atoms with Gasteiger partial charge in [-0.15, -0.1) is 0 Å². The number of ether oxygens (including phenoxy) is 1. The lowest BCUT2D eigenvalue weighted by Crippen LogP contribution is -2.38. The summed E-state index contributed by atoms with van der Waals surface area (Å²) in [7, 11) is 0. The van der Waals surface area contributed by atoms with Gasteiger partial charge in [0.25, 0.3) is 0 Å². The molecule has 1 fully saturated rings. The zero-order valence-corrected chi connectivity index (χ0v) is 12.3. The van der Waals surface area contributed by atoms with Gasteiger partial charge in [-0.05, 0) is 34.8 Å². The fraction of sp³-hybridized carbons (Fsp3) is 0.615. The van der Waals surface area contributed by atoms with Gasteiger partial charge in [0.2, 0.25) is 0 Å². The second kappa shape index (κ2) is 7.19. The topological polar surface area (TPSA) is 65.8 Å². The van der Waals surface area contributed by atoms with Gasteiger partial charge in [-0.3, -0.25) is 0 Å². The molecule has 0 aromatic carbocycles. The maximum absolute atomic E-state index is 9.40. The van der Waals surface area contributed by atoms with E-state index in [9.17, 15) is 5.11 Å². The molecule has 0 amide bonds. The predicted octanol–water partition coefficient (Wildman–Crippen LogP) is 1.31. The number of nitrogens with zero attached hydrogens (tertiary/aromatic N) is 2. The highest BCUT2D eigenvalue weighted by Crippen LogP contribution is 2.25. The molecule has 1 aliphatic rings. The molecule has 0 spiro atoms. The Kier molecular flexibility index (Phi) is 5.57. The van der Waals surface area contributed by atoms with Gasteiger partial charge in [0, 0.05) is 29.3 Å². The fourth-order valence-electron chi connectivity index (χ4n) is 2.33. The number of hydrogen-bond donors (Lipinski definition) is 2. The molecule has 0 bridgehead atoms. The van der Waals surface area contributed by atoms with Crippen LogP contribution in [0.3, 0.4) is 0 Å². The van der Waals surface area contributed by atoms with Crippen molar-refractivity contribution in [3.05, 3.63) is 22.3 Å². The lowest BCUT2D eigenvalue weighted by atomic mass is 10.1. The molecule has 6 heteroatoms. The zero-order chi connectivity index (χ0) is 13.7. The minimum atomic E-state index is -0.0112. The quantitative estimate of drug-likeness (QED) is 0.852. The number of anilines is 1. The summed E-state index contributed by atoms with van der Waals surface area (Å²) in [5, 5.41) is 18.1. The number of halogens is 1. The normalized spacial score (nSPS) is 16.9. The molecule has 106 valence electrons. The molecular weight excluding hydrogens is 312 g/mol. The molecule has 1 aliphatic heterocycles. The number of pyridine rings is 1. The average Bonchev–Trinajstić information content (AvgIpc) is 2.45. The number of rotatable bonds is 5. The maximum Gasteiger partial charge on any atom is 0.134 e. The molecule has 0 saturated carbocycles. The minimum Gasteiger partial charge on any atom is -0.394 e. The second-order valence-electron chi connectivity index (χ2n) is 4.58. The van der Waals surface area contributed by atoms with Gasteiger partial charge < -0.3 is 19.8 Å². The molecule has 19 heavy (non-hydrogen) atoms. The van der Waals surface area contributed by atoms with Crippen LogP contribution in [0.4, 0.5) is 5.82 Å². The van der Waals surface area contributed by atoms with Crippen molar-refractivity contribution in [3.63, 3.8) is 0 Å². The van der Waals surface area contributed by atoms with Crippen LogP contribution in [-0.4, -0.2) is 47.6 Å². The molecule has 0 radical (unpaired) electrons. The smallest absolute Gasteiger partial charge is 0.134 e. The lowest BCUT2D eigenvalue weighted by molar-refractivity contribution is 0.0158. The van der Waals surface area contributed by atoms with Crippen molar-refractivity contribution in [2.45, 2.75) is 25.6 Å². The predicted molar refractivity (Wildman–Crippen MR) is 76.1 cm³/mol. The summed E-state index contributed by atoms with van der Waals surface area (Å²) in [5.41, 5.74) is 0.837. The van der Waals surface area contributed by atoms with Crippen molar-refractivity contribution in [1.82, 2.24) is 4.98 Å². The van der Waals surface area contributed by atoms with Gasteiger partial charge in [0.1, 0.15) is 5.82 Å². The van der Waals surface area contributed by atoms with E-state index < -0.39 is 0 Å². The third-order valence-electron chi connectivity index (χ3n) is 3.27. The van der Waals surface area contributed by atoms with Crippen LogP contribution < -0.4 is 4.90 Å².